The number of piperazine rings is 1. The van der Waals surface area contributed by atoms with E-state index in [-0.39, 0.29) is 4.90 Å². The molecule has 3 aromatic rings. The highest BCUT2D eigenvalue weighted by Crippen LogP contribution is 2.27. The number of aromatic amines is 1. The SMILES string of the molecule is O=S(=O)(c1cc(Br)c2[nH]cnc2c1)N1CCN(CCc2ccc(Cl)cc2)CC1. The average molecular weight is 484 g/mol. The minimum absolute atomic E-state index is 0.272. The van der Waals surface area contributed by atoms with Crippen LogP contribution in [0, 0.1) is 0 Å². The summed E-state index contributed by atoms with van der Waals surface area (Å²) in [6.45, 7) is 3.32. The van der Waals surface area contributed by atoms with Crippen LogP contribution in [0.15, 0.2) is 52.1 Å². The first-order chi connectivity index (χ1) is 13.4. The molecule has 0 unspecified atom stereocenters. The van der Waals surface area contributed by atoms with Crippen LogP contribution in [0.1, 0.15) is 5.56 Å². The van der Waals surface area contributed by atoms with E-state index in [9.17, 15) is 8.42 Å². The van der Waals surface area contributed by atoms with Crippen molar-refractivity contribution < 1.29 is 8.42 Å². The Kier molecular flexibility index (Phi) is 5.76. The number of nitrogens with zero attached hydrogens (tertiary/aromatic N) is 3. The Bertz CT molecular complexity index is 1080. The fourth-order valence-electron chi connectivity index (χ4n) is 3.41. The topological polar surface area (TPSA) is 69.3 Å². The summed E-state index contributed by atoms with van der Waals surface area (Å²) in [6, 6.07) is 11.1. The van der Waals surface area contributed by atoms with Crippen LogP contribution in [0.3, 0.4) is 0 Å². The van der Waals surface area contributed by atoms with Crippen molar-refractivity contribution in [3.63, 3.8) is 0 Å². The quantitative estimate of drug-likeness (QED) is 0.603. The van der Waals surface area contributed by atoms with Crippen LogP contribution in [-0.4, -0.2) is 60.3 Å². The number of fused-ring (bicyclic) bond motifs is 1. The molecule has 0 atom stereocenters. The number of aromatic nitrogens is 2. The highest BCUT2D eigenvalue weighted by Gasteiger charge is 2.29. The number of sulfonamides is 1. The molecule has 9 heteroatoms. The van der Waals surface area contributed by atoms with E-state index in [1.807, 2.05) is 24.3 Å². The number of rotatable bonds is 5. The number of hydrogen-bond acceptors (Lipinski definition) is 4. The Labute approximate surface area is 177 Å². The van der Waals surface area contributed by atoms with Crippen LogP contribution in [0.2, 0.25) is 5.02 Å². The van der Waals surface area contributed by atoms with Crippen LogP contribution in [0.25, 0.3) is 11.0 Å². The third-order valence-corrected chi connectivity index (χ3v) is 7.81. The molecule has 0 aliphatic carbocycles. The Morgan fingerprint density at radius 2 is 1.82 bits per heavy atom. The van der Waals surface area contributed by atoms with Gasteiger partial charge in [0.2, 0.25) is 10.0 Å². The Hall–Kier alpha value is -1.45. The normalized spacial score (nSPS) is 16.6. The second-order valence-corrected chi connectivity index (χ2v) is 10.1. The largest absolute Gasteiger partial charge is 0.344 e. The van der Waals surface area contributed by atoms with Gasteiger partial charge in [0.1, 0.15) is 0 Å². The van der Waals surface area contributed by atoms with Gasteiger partial charge < -0.3 is 9.88 Å². The van der Waals surface area contributed by atoms with E-state index in [1.54, 1.807) is 22.8 Å². The van der Waals surface area contributed by atoms with Gasteiger partial charge in [0.15, 0.2) is 0 Å². The van der Waals surface area contributed by atoms with Gasteiger partial charge in [-0.2, -0.15) is 4.31 Å². The van der Waals surface area contributed by atoms with Gasteiger partial charge in [-0.3, -0.25) is 0 Å². The molecule has 0 bridgehead atoms. The molecule has 0 saturated carbocycles. The monoisotopic (exact) mass is 482 g/mol. The van der Waals surface area contributed by atoms with Crippen LogP contribution in [-0.2, 0) is 16.4 Å². The molecule has 148 valence electrons. The molecule has 4 rings (SSSR count). The van der Waals surface area contributed by atoms with Gasteiger partial charge in [-0.25, -0.2) is 13.4 Å². The van der Waals surface area contributed by atoms with Gasteiger partial charge >= 0.3 is 0 Å². The highest BCUT2D eigenvalue weighted by molar-refractivity contribution is 9.10. The fraction of sp³-hybridized carbons (Fsp3) is 0.316. The van der Waals surface area contributed by atoms with Gasteiger partial charge in [-0.05, 0) is 52.2 Å². The second-order valence-electron chi connectivity index (χ2n) is 6.82. The molecule has 0 radical (unpaired) electrons. The lowest BCUT2D eigenvalue weighted by atomic mass is 10.1. The zero-order valence-corrected chi connectivity index (χ0v) is 18.3. The standard InChI is InChI=1S/C19H20BrClN4O2S/c20-17-11-16(12-18-19(17)23-13-22-18)28(26,27)25-9-7-24(8-10-25)6-5-14-1-3-15(21)4-2-14/h1-4,11-13H,5-10H2,(H,22,23). The molecule has 0 amide bonds. The zero-order chi connectivity index (χ0) is 19.7. The molecule has 28 heavy (non-hydrogen) atoms. The van der Waals surface area contributed by atoms with Gasteiger partial charge in [0.25, 0.3) is 0 Å². The lowest BCUT2D eigenvalue weighted by molar-refractivity contribution is 0.190. The molecule has 2 heterocycles. The summed E-state index contributed by atoms with van der Waals surface area (Å²) in [5, 5.41) is 0.738. The van der Waals surface area contributed by atoms with Crippen molar-refractivity contribution in [3.05, 3.63) is 57.8 Å². The van der Waals surface area contributed by atoms with Crippen molar-refractivity contribution in [1.29, 1.82) is 0 Å². The zero-order valence-electron chi connectivity index (χ0n) is 15.1. The second kappa shape index (κ2) is 8.12. The molecule has 2 aromatic carbocycles. The maximum absolute atomic E-state index is 13.1. The summed E-state index contributed by atoms with van der Waals surface area (Å²) in [6.07, 6.45) is 2.48. The van der Waals surface area contributed by atoms with Gasteiger partial charge in [0.05, 0.1) is 22.3 Å². The number of nitrogens with one attached hydrogen (secondary N) is 1. The summed E-state index contributed by atoms with van der Waals surface area (Å²) in [5.74, 6) is 0. The molecule has 1 aliphatic rings. The molecule has 0 spiro atoms. The average Bonchev–Trinajstić information content (AvgIpc) is 3.17. The van der Waals surface area contributed by atoms with Crippen LogP contribution < -0.4 is 0 Å². The van der Waals surface area contributed by atoms with Crippen molar-refractivity contribution in [2.45, 2.75) is 11.3 Å². The van der Waals surface area contributed by atoms with E-state index in [2.05, 4.69) is 30.8 Å². The minimum Gasteiger partial charge on any atom is -0.344 e. The van der Waals surface area contributed by atoms with E-state index < -0.39 is 10.0 Å². The smallest absolute Gasteiger partial charge is 0.243 e. The highest BCUT2D eigenvalue weighted by atomic mass is 79.9. The Morgan fingerprint density at radius 3 is 2.54 bits per heavy atom. The number of imidazole rings is 1. The number of benzene rings is 2. The van der Waals surface area contributed by atoms with Crippen molar-refractivity contribution in [2.75, 3.05) is 32.7 Å². The van der Waals surface area contributed by atoms with E-state index >= 15 is 0 Å². The predicted octanol–water partition coefficient (Wildman–Crippen LogP) is 3.53. The maximum atomic E-state index is 13.1. The molecule has 1 aliphatic heterocycles. The molecule has 1 saturated heterocycles. The van der Waals surface area contributed by atoms with E-state index in [1.165, 1.54) is 5.56 Å². The van der Waals surface area contributed by atoms with E-state index in [0.717, 1.165) is 36.6 Å². The van der Waals surface area contributed by atoms with Gasteiger partial charge in [-0.1, -0.05) is 23.7 Å². The maximum Gasteiger partial charge on any atom is 0.243 e. The molecule has 1 N–H and O–H groups in total. The van der Waals surface area contributed by atoms with Crippen molar-refractivity contribution in [2.24, 2.45) is 0 Å². The summed E-state index contributed by atoms with van der Waals surface area (Å²) in [4.78, 5) is 9.76. The molecule has 6 nitrogen and oxygen atoms in total. The van der Waals surface area contributed by atoms with Crippen molar-refractivity contribution in [3.8, 4) is 0 Å². The van der Waals surface area contributed by atoms with Crippen LogP contribution >= 0.6 is 27.5 Å². The first kappa shape index (κ1) is 19.8. The van der Waals surface area contributed by atoms with Crippen molar-refractivity contribution in [1.82, 2.24) is 19.2 Å². The fourth-order valence-corrected chi connectivity index (χ4v) is 5.72. The van der Waals surface area contributed by atoms with Crippen LogP contribution in [0.4, 0.5) is 0 Å². The molecule has 1 aromatic heterocycles. The number of H-pyrrole nitrogens is 1. The minimum atomic E-state index is -3.54. The summed E-state index contributed by atoms with van der Waals surface area (Å²) >= 11 is 9.35. The van der Waals surface area contributed by atoms with Crippen LogP contribution in [0.5, 0.6) is 0 Å². The van der Waals surface area contributed by atoms with Crippen molar-refractivity contribution >= 4 is 48.6 Å². The Balaban J connectivity index is 1.40. The third kappa shape index (κ3) is 4.11. The first-order valence-corrected chi connectivity index (χ1v) is 11.6. The third-order valence-electron chi connectivity index (χ3n) is 5.05. The molecular formula is C19H20BrClN4O2S. The summed E-state index contributed by atoms with van der Waals surface area (Å²) in [7, 11) is -3.54. The first-order valence-electron chi connectivity index (χ1n) is 9.03. The lowest BCUT2D eigenvalue weighted by Gasteiger charge is -2.34. The molecular weight excluding hydrogens is 464 g/mol. The van der Waals surface area contributed by atoms with Gasteiger partial charge in [-0.15, -0.1) is 0 Å². The number of halogens is 2. The lowest BCUT2D eigenvalue weighted by Crippen LogP contribution is -2.49. The van der Waals surface area contributed by atoms with E-state index in [4.69, 9.17) is 11.6 Å². The van der Waals surface area contributed by atoms with Gasteiger partial charge in [0, 0.05) is 42.2 Å². The summed E-state index contributed by atoms with van der Waals surface area (Å²) < 4.78 is 28.4. The van der Waals surface area contributed by atoms with E-state index in [0.29, 0.717) is 23.1 Å². The Morgan fingerprint density at radius 1 is 1.11 bits per heavy atom. The molecule has 1 fully saturated rings. The number of hydrogen-bond donors (Lipinski definition) is 1. The predicted molar refractivity (Wildman–Crippen MR) is 114 cm³/mol. The summed E-state index contributed by atoms with van der Waals surface area (Å²) in [5.41, 5.74) is 2.66.